The number of hydrogen-bond donors (Lipinski definition) is 0. The lowest BCUT2D eigenvalue weighted by Crippen LogP contribution is -2.39. The molecule has 1 fully saturated rings. The van der Waals surface area contributed by atoms with Gasteiger partial charge in [-0.25, -0.2) is 4.98 Å². The van der Waals surface area contributed by atoms with E-state index in [0.717, 1.165) is 41.9 Å². The van der Waals surface area contributed by atoms with Crippen LogP contribution in [-0.4, -0.2) is 33.9 Å². The van der Waals surface area contributed by atoms with Gasteiger partial charge in [0, 0.05) is 41.4 Å². The topological polar surface area (TPSA) is 46.1 Å². The van der Waals surface area contributed by atoms with Gasteiger partial charge >= 0.3 is 0 Å². The number of benzene rings is 2. The van der Waals surface area contributed by atoms with E-state index in [9.17, 15) is 4.79 Å². The van der Waals surface area contributed by atoms with Crippen molar-refractivity contribution < 1.29 is 4.79 Å². The quantitative estimate of drug-likeness (QED) is 0.657. The molecule has 2 aromatic carbocycles. The normalized spacial score (nSPS) is 16.9. The van der Waals surface area contributed by atoms with E-state index in [1.807, 2.05) is 65.7 Å². The molecule has 0 bridgehead atoms. The van der Waals surface area contributed by atoms with Crippen LogP contribution in [0, 0.1) is 0 Å². The van der Waals surface area contributed by atoms with Crippen molar-refractivity contribution in [3.05, 3.63) is 83.3 Å². The molecule has 27 heavy (non-hydrogen) atoms. The van der Waals surface area contributed by atoms with Crippen molar-refractivity contribution >= 4 is 17.5 Å². The highest BCUT2D eigenvalue weighted by Gasteiger charge is 2.26. The van der Waals surface area contributed by atoms with E-state index in [2.05, 4.69) is 4.98 Å². The number of aromatic nitrogens is 2. The zero-order chi connectivity index (χ0) is 18.6. The molecule has 1 aliphatic rings. The van der Waals surface area contributed by atoms with Crippen LogP contribution in [0.15, 0.2) is 67.0 Å². The summed E-state index contributed by atoms with van der Waals surface area (Å²) >= 11 is 6.10. The molecule has 1 aromatic heterocycles. The lowest BCUT2D eigenvalue weighted by Gasteiger charge is -2.32. The van der Waals surface area contributed by atoms with E-state index in [-0.39, 0.29) is 11.8 Å². The standard InChI is InChI=1S/C22H20ClN3O/c23-19-10-4-8-17(12-19)20-13-24-14-21(25-20)18-9-5-11-26(15-18)22(27)16-6-2-1-3-7-16/h1-4,6-8,10,12-14,18H,5,9,11,15H2/t18-/m1/s1. The molecule has 1 atom stereocenters. The number of halogens is 1. The zero-order valence-electron chi connectivity index (χ0n) is 14.9. The molecule has 5 heteroatoms. The average molecular weight is 378 g/mol. The number of carbonyl (C=O) groups excluding carboxylic acids is 1. The molecule has 2 heterocycles. The molecular formula is C22H20ClN3O. The van der Waals surface area contributed by atoms with Crippen LogP contribution in [0.2, 0.25) is 5.02 Å². The highest BCUT2D eigenvalue weighted by atomic mass is 35.5. The summed E-state index contributed by atoms with van der Waals surface area (Å²) in [6, 6.07) is 17.1. The predicted molar refractivity (Wildman–Crippen MR) is 107 cm³/mol. The number of carbonyl (C=O) groups is 1. The molecule has 0 radical (unpaired) electrons. The molecule has 4 rings (SSSR count). The fourth-order valence-electron chi connectivity index (χ4n) is 3.53. The highest BCUT2D eigenvalue weighted by Crippen LogP contribution is 2.28. The van der Waals surface area contributed by atoms with E-state index in [1.165, 1.54) is 0 Å². The molecule has 4 nitrogen and oxygen atoms in total. The summed E-state index contributed by atoms with van der Waals surface area (Å²) in [7, 11) is 0. The molecule has 0 spiro atoms. The summed E-state index contributed by atoms with van der Waals surface area (Å²) in [5.41, 5.74) is 3.42. The molecule has 1 aliphatic heterocycles. The fourth-order valence-corrected chi connectivity index (χ4v) is 3.72. The molecule has 0 unspecified atom stereocenters. The maximum absolute atomic E-state index is 12.8. The Labute approximate surface area is 163 Å². The van der Waals surface area contributed by atoms with Crippen LogP contribution in [0.4, 0.5) is 0 Å². The number of nitrogens with zero attached hydrogens (tertiary/aromatic N) is 3. The summed E-state index contributed by atoms with van der Waals surface area (Å²) < 4.78 is 0. The molecular weight excluding hydrogens is 358 g/mol. The van der Waals surface area contributed by atoms with Crippen molar-refractivity contribution in [3.8, 4) is 11.3 Å². The van der Waals surface area contributed by atoms with Crippen LogP contribution in [-0.2, 0) is 0 Å². The van der Waals surface area contributed by atoms with Crippen LogP contribution in [0.25, 0.3) is 11.3 Å². The number of hydrogen-bond acceptors (Lipinski definition) is 3. The van der Waals surface area contributed by atoms with Crippen molar-refractivity contribution in [3.63, 3.8) is 0 Å². The molecule has 1 amide bonds. The number of rotatable bonds is 3. The Bertz CT molecular complexity index is 945. The third-order valence-corrected chi connectivity index (χ3v) is 5.16. The van der Waals surface area contributed by atoms with Gasteiger partial charge in [0.15, 0.2) is 0 Å². The largest absolute Gasteiger partial charge is 0.338 e. The van der Waals surface area contributed by atoms with Crippen LogP contribution in [0.5, 0.6) is 0 Å². The van der Waals surface area contributed by atoms with E-state index in [4.69, 9.17) is 16.6 Å². The lowest BCUT2D eigenvalue weighted by molar-refractivity contribution is 0.0706. The van der Waals surface area contributed by atoms with Crippen LogP contribution < -0.4 is 0 Å². The Morgan fingerprint density at radius 1 is 1.07 bits per heavy atom. The van der Waals surface area contributed by atoms with Crippen molar-refractivity contribution in [2.45, 2.75) is 18.8 Å². The maximum Gasteiger partial charge on any atom is 0.253 e. The molecule has 0 N–H and O–H groups in total. The number of piperidine rings is 1. The lowest BCUT2D eigenvalue weighted by atomic mass is 9.94. The monoisotopic (exact) mass is 377 g/mol. The first-order valence-corrected chi connectivity index (χ1v) is 9.51. The summed E-state index contributed by atoms with van der Waals surface area (Å²) in [4.78, 5) is 23.9. The first-order valence-electron chi connectivity index (χ1n) is 9.13. The summed E-state index contributed by atoms with van der Waals surface area (Å²) in [6.45, 7) is 1.45. The van der Waals surface area contributed by atoms with Gasteiger partial charge in [-0.1, -0.05) is 41.9 Å². The van der Waals surface area contributed by atoms with Gasteiger partial charge in [-0.15, -0.1) is 0 Å². The van der Waals surface area contributed by atoms with Crippen LogP contribution in [0.3, 0.4) is 0 Å². The zero-order valence-corrected chi connectivity index (χ0v) is 15.6. The molecule has 0 aliphatic carbocycles. The minimum atomic E-state index is 0.0826. The van der Waals surface area contributed by atoms with E-state index < -0.39 is 0 Å². The molecule has 136 valence electrons. The van der Waals surface area contributed by atoms with E-state index in [0.29, 0.717) is 11.6 Å². The minimum Gasteiger partial charge on any atom is -0.338 e. The van der Waals surface area contributed by atoms with Gasteiger partial charge in [0.2, 0.25) is 0 Å². The second kappa shape index (κ2) is 7.89. The van der Waals surface area contributed by atoms with Crippen molar-refractivity contribution in [1.29, 1.82) is 0 Å². The van der Waals surface area contributed by atoms with Crippen LogP contribution in [0.1, 0.15) is 34.8 Å². The van der Waals surface area contributed by atoms with E-state index >= 15 is 0 Å². The second-order valence-electron chi connectivity index (χ2n) is 6.80. The number of amides is 1. The third-order valence-electron chi connectivity index (χ3n) is 4.92. The summed E-state index contributed by atoms with van der Waals surface area (Å²) in [5, 5.41) is 0.678. The average Bonchev–Trinajstić information content (AvgIpc) is 2.74. The van der Waals surface area contributed by atoms with Crippen LogP contribution >= 0.6 is 11.6 Å². The molecule has 3 aromatic rings. The number of likely N-dealkylation sites (tertiary alicyclic amines) is 1. The SMILES string of the molecule is O=C(c1ccccc1)N1CCC[C@@H](c2cncc(-c3cccc(Cl)c3)n2)C1. The van der Waals surface area contributed by atoms with Gasteiger partial charge in [-0.2, -0.15) is 0 Å². The smallest absolute Gasteiger partial charge is 0.253 e. The fraction of sp³-hybridized carbons (Fsp3) is 0.227. The second-order valence-corrected chi connectivity index (χ2v) is 7.23. The van der Waals surface area contributed by atoms with Crippen molar-refractivity contribution in [2.24, 2.45) is 0 Å². The first-order chi connectivity index (χ1) is 13.2. The predicted octanol–water partition coefficient (Wildman–Crippen LogP) is 4.82. The highest BCUT2D eigenvalue weighted by molar-refractivity contribution is 6.30. The van der Waals surface area contributed by atoms with Gasteiger partial charge in [0.05, 0.1) is 17.6 Å². The van der Waals surface area contributed by atoms with Gasteiger partial charge in [0.25, 0.3) is 5.91 Å². The van der Waals surface area contributed by atoms with Gasteiger partial charge in [-0.3, -0.25) is 9.78 Å². The Morgan fingerprint density at radius 3 is 2.74 bits per heavy atom. The maximum atomic E-state index is 12.8. The molecule has 0 saturated carbocycles. The van der Waals surface area contributed by atoms with Gasteiger partial charge in [-0.05, 0) is 37.1 Å². The Kier molecular flexibility index (Phi) is 5.16. The van der Waals surface area contributed by atoms with E-state index in [1.54, 1.807) is 6.20 Å². The summed E-state index contributed by atoms with van der Waals surface area (Å²) in [6.07, 6.45) is 5.54. The van der Waals surface area contributed by atoms with Gasteiger partial charge < -0.3 is 4.90 Å². The first kappa shape index (κ1) is 17.7. The third kappa shape index (κ3) is 4.01. The molecule has 1 saturated heterocycles. The Hall–Kier alpha value is -2.72. The van der Waals surface area contributed by atoms with Gasteiger partial charge in [0.1, 0.15) is 0 Å². The minimum absolute atomic E-state index is 0.0826. The van der Waals surface area contributed by atoms with Crippen molar-refractivity contribution in [1.82, 2.24) is 14.9 Å². The Morgan fingerprint density at radius 2 is 1.93 bits per heavy atom. The Balaban J connectivity index is 1.55. The van der Waals surface area contributed by atoms with Crippen molar-refractivity contribution in [2.75, 3.05) is 13.1 Å². The summed E-state index contributed by atoms with van der Waals surface area (Å²) in [5.74, 6) is 0.275.